The molecule has 8 nitrogen and oxygen atoms in total. The number of hydroxylamine groups is 1. The SMILES string of the molecule is O=C(NO)c1cnc(N2CC3C[C@@H](CN(c4cc(C(F)(F)F)ccn4)C3)C2)nc1. The van der Waals surface area contributed by atoms with E-state index in [2.05, 4.69) is 15.0 Å². The molecule has 2 aliphatic rings. The van der Waals surface area contributed by atoms with Gasteiger partial charge in [0.05, 0.1) is 11.1 Å². The number of carbonyl (C=O) groups is 1. The van der Waals surface area contributed by atoms with Crippen LogP contribution < -0.4 is 15.3 Å². The van der Waals surface area contributed by atoms with Crippen molar-refractivity contribution in [2.24, 2.45) is 11.8 Å². The van der Waals surface area contributed by atoms with Gasteiger partial charge in [-0.25, -0.2) is 20.4 Å². The number of hydrogen-bond donors (Lipinski definition) is 2. The maximum absolute atomic E-state index is 13.0. The van der Waals surface area contributed by atoms with Gasteiger partial charge in [0.15, 0.2) is 0 Å². The van der Waals surface area contributed by atoms with E-state index in [1.807, 2.05) is 9.80 Å². The minimum absolute atomic E-state index is 0.148. The molecule has 2 N–H and O–H groups in total. The summed E-state index contributed by atoms with van der Waals surface area (Å²) in [5.74, 6) is 0.625. The minimum Gasteiger partial charge on any atom is -0.356 e. The monoisotopic (exact) mass is 408 g/mol. The van der Waals surface area contributed by atoms with Crippen molar-refractivity contribution < 1.29 is 23.2 Å². The van der Waals surface area contributed by atoms with Gasteiger partial charge >= 0.3 is 6.18 Å². The summed E-state index contributed by atoms with van der Waals surface area (Å²) in [6, 6.07) is 2.08. The normalized spacial score (nSPS) is 21.8. The predicted molar refractivity (Wildman–Crippen MR) is 96.5 cm³/mol. The van der Waals surface area contributed by atoms with E-state index >= 15 is 0 Å². The molecule has 0 spiro atoms. The molecule has 0 aliphatic carbocycles. The molecule has 2 fully saturated rings. The molecule has 4 rings (SSSR count). The Morgan fingerprint density at radius 1 is 1.07 bits per heavy atom. The first-order chi connectivity index (χ1) is 13.8. The molecule has 2 bridgehead atoms. The molecule has 2 aromatic rings. The highest BCUT2D eigenvalue weighted by atomic mass is 19.4. The van der Waals surface area contributed by atoms with Gasteiger partial charge in [-0.1, -0.05) is 0 Å². The van der Waals surface area contributed by atoms with E-state index in [9.17, 15) is 18.0 Å². The van der Waals surface area contributed by atoms with E-state index in [0.29, 0.717) is 37.9 Å². The minimum atomic E-state index is -4.39. The van der Waals surface area contributed by atoms with Crippen molar-refractivity contribution in [1.29, 1.82) is 0 Å². The Morgan fingerprint density at radius 3 is 2.28 bits per heavy atom. The largest absolute Gasteiger partial charge is 0.416 e. The Hall–Kier alpha value is -2.95. The number of hydrogen-bond acceptors (Lipinski definition) is 7. The van der Waals surface area contributed by atoms with Crippen molar-refractivity contribution in [3.8, 4) is 0 Å². The van der Waals surface area contributed by atoms with Crippen LogP contribution >= 0.6 is 0 Å². The van der Waals surface area contributed by atoms with Crippen LogP contribution in [0.1, 0.15) is 22.3 Å². The molecule has 4 heterocycles. The summed E-state index contributed by atoms with van der Waals surface area (Å²) in [6.45, 7) is 2.54. The zero-order valence-electron chi connectivity index (χ0n) is 15.3. The second-order valence-electron chi connectivity index (χ2n) is 7.39. The summed E-state index contributed by atoms with van der Waals surface area (Å²) in [5, 5.41) is 8.66. The smallest absolute Gasteiger partial charge is 0.356 e. The molecule has 1 amide bonds. The number of nitrogens with one attached hydrogen (secondary N) is 1. The third kappa shape index (κ3) is 4.09. The molecule has 1 unspecified atom stereocenters. The lowest BCUT2D eigenvalue weighted by Gasteiger charge is -2.46. The first-order valence-corrected chi connectivity index (χ1v) is 9.13. The topological polar surface area (TPSA) is 94.5 Å². The summed E-state index contributed by atoms with van der Waals surface area (Å²) < 4.78 is 39.0. The van der Waals surface area contributed by atoms with Crippen molar-refractivity contribution in [3.63, 3.8) is 0 Å². The van der Waals surface area contributed by atoms with E-state index in [4.69, 9.17) is 5.21 Å². The first-order valence-electron chi connectivity index (χ1n) is 9.13. The van der Waals surface area contributed by atoms with Crippen molar-refractivity contribution in [2.45, 2.75) is 12.6 Å². The number of rotatable bonds is 3. The van der Waals surface area contributed by atoms with Crippen molar-refractivity contribution in [3.05, 3.63) is 41.9 Å². The van der Waals surface area contributed by atoms with Crippen LogP contribution in [0.4, 0.5) is 24.9 Å². The second kappa shape index (κ2) is 7.47. The third-order valence-electron chi connectivity index (χ3n) is 5.26. The number of alkyl halides is 3. The van der Waals surface area contributed by atoms with Gasteiger partial charge in [0.25, 0.3) is 5.91 Å². The van der Waals surface area contributed by atoms with E-state index in [1.165, 1.54) is 24.1 Å². The Labute approximate surface area is 164 Å². The van der Waals surface area contributed by atoms with Crippen molar-refractivity contribution in [1.82, 2.24) is 20.4 Å². The van der Waals surface area contributed by atoms with Crippen LogP contribution in [0.5, 0.6) is 0 Å². The lowest BCUT2D eigenvalue weighted by atomic mass is 9.84. The van der Waals surface area contributed by atoms with Gasteiger partial charge in [-0.2, -0.15) is 13.2 Å². The molecule has 11 heteroatoms. The van der Waals surface area contributed by atoms with E-state index in [0.717, 1.165) is 18.6 Å². The number of amides is 1. The molecule has 2 aliphatic heterocycles. The molecular weight excluding hydrogens is 389 g/mol. The number of carbonyl (C=O) groups excluding carboxylic acids is 1. The van der Waals surface area contributed by atoms with Gasteiger partial charge in [0, 0.05) is 44.8 Å². The Morgan fingerprint density at radius 2 is 1.69 bits per heavy atom. The molecular formula is C18H19F3N6O2. The molecule has 0 radical (unpaired) electrons. The number of pyridine rings is 1. The van der Waals surface area contributed by atoms with Crippen LogP contribution in [-0.4, -0.2) is 52.2 Å². The molecule has 29 heavy (non-hydrogen) atoms. The number of halogens is 3. The zero-order valence-corrected chi connectivity index (χ0v) is 15.3. The Balaban J connectivity index is 1.46. The lowest BCUT2D eigenvalue weighted by Crippen LogP contribution is -2.53. The van der Waals surface area contributed by atoms with Gasteiger partial charge in [0.1, 0.15) is 5.82 Å². The number of piperidine rings is 2. The molecule has 2 saturated heterocycles. The molecule has 0 aromatic carbocycles. The molecule has 2 aromatic heterocycles. The highest BCUT2D eigenvalue weighted by Gasteiger charge is 2.37. The maximum Gasteiger partial charge on any atom is 0.416 e. The average Bonchev–Trinajstić information content (AvgIpc) is 2.72. The number of fused-ring (bicyclic) bond motifs is 2. The summed E-state index contributed by atoms with van der Waals surface area (Å²) >= 11 is 0. The summed E-state index contributed by atoms with van der Waals surface area (Å²) in [6.07, 6.45) is 0.481. The van der Waals surface area contributed by atoms with Crippen LogP contribution in [-0.2, 0) is 6.18 Å². The van der Waals surface area contributed by atoms with Gasteiger partial charge in [-0.3, -0.25) is 10.0 Å². The Kier molecular flexibility index (Phi) is 4.99. The maximum atomic E-state index is 13.0. The number of nitrogens with zero attached hydrogens (tertiary/aromatic N) is 5. The fourth-order valence-corrected chi connectivity index (χ4v) is 4.07. The van der Waals surface area contributed by atoms with E-state index < -0.39 is 17.6 Å². The van der Waals surface area contributed by atoms with Crippen LogP contribution in [0.25, 0.3) is 0 Å². The molecule has 154 valence electrons. The third-order valence-corrected chi connectivity index (χ3v) is 5.26. The van der Waals surface area contributed by atoms with Crippen LogP contribution in [0.2, 0.25) is 0 Å². The molecule has 2 atom stereocenters. The van der Waals surface area contributed by atoms with Gasteiger partial charge < -0.3 is 9.80 Å². The fourth-order valence-electron chi connectivity index (χ4n) is 4.07. The fraction of sp³-hybridized carbons (Fsp3) is 0.444. The summed E-state index contributed by atoms with van der Waals surface area (Å²) in [7, 11) is 0. The predicted octanol–water partition coefficient (Wildman–Crippen LogP) is 1.97. The zero-order chi connectivity index (χ0) is 20.6. The Bertz CT molecular complexity index is 878. The van der Waals surface area contributed by atoms with E-state index in [-0.39, 0.29) is 17.4 Å². The highest BCUT2D eigenvalue weighted by molar-refractivity contribution is 5.92. The second-order valence-corrected chi connectivity index (χ2v) is 7.39. The van der Waals surface area contributed by atoms with Crippen molar-refractivity contribution >= 4 is 17.7 Å². The van der Waals surface area contributed by atoms with Gasteiger partial charge in [-0.15, -0.1) is 0 Å². The van der Waals surface area contributed by atoms with Crippen LogP contribution in [0.15, 0.2) is 30.7 Å². The van der Waals surface area contributed by atoms with Crippen LogP contribution in [0.3, 0.4) is 0 Å². The van der Waals surface area contributed by atoms with Gasteiger partial charge in [-0.05, 0) is 30.4 Å². The van der Waals surface area contributed by atoms with Crippen molar-refractivity contribution in [2.75, 3.05) is 36.0 Å². The first kappa shape index (κ1) is 19.4. The quantitative estimate of drug-likeness (QED) is 0.592. The molecule has 0 saturated carbocycles. The average molecular weight is 408 g/mol. The number of aromatic nitrogens is 3. The van der Waals surface area contributed by atoms with Gasteiger partial charge in [0.2, 0.25) is 5.95 Å². The van der Waals surface area contributed by atoms with Crippen LogP contribution in [0, 0.1) is 11.8 Å². The van der Waals surface area contributed by atoms with E-state index in [1.54, 1.807) is 0 Å². The summed E-state index contributed by atoms with van der Waals surface area (Å²) in [5.41, 5.74) is 0.986. The standard InChI is InChI=1S/C18H19F3N6O2/c19-18(20,21)14-1-2-22-15(4-14)26-7-11-3-12(8-26)10-27(9-11)17-23-5-13(6-24-17)16(28)25-29/h1-2,4-6,11-12,29H,3,7-10H2,(H,25,28)/t11-,12?/m0/s1. The number of anilines is 2. The lowest BCUT2D eigenvalue weighted by molar-refractivity contribution is -0.137. The highest BCUT2D eigenvalue weighted by Crippen LogP contribution is 2.34. The summed E-state index contributed by atoms with van der Waals surface area (Å²) in [4.78, 5) is 27.9.